The Balaban J connectivity index is 1.69. The number of fused-ring (bicyclic) bond motifs is 2. The van der Waals surface area contributed by atoms with Gasteiger partial charge in [-0.1, -0.05) is 29.8 Å². The van der Waals surface area contributed by atoms with Crippen molar-refractivity contribution in [2.75, 3.05) is 18.3 Å². The van der Waals surface area contributed by atoms with Crippen molar-refractivity contribution in [3.8, 4) is 0 Å². The summed E-state index contributed by atoms with van der Waals surface area (Å²) in [7, 11) is 0.192. The van der Waals surface area contributed by atoms with E-state index in [1.807, 2.05) is 38.4 Å². The topological polar surface area (TPSA) is 63.1 Å². The lowest BCUT2D eigenvalue weighted by Crippen LogP contribution is -2.13. The van der Waals surface area contributed by atoms with Crippen molar-refractivity contribution in [2.24, 2.45) is 7.05 Å². The zero-order valence-electron chi connectivity index (χ0n) is 16.2. The molecule has 150 valence electrons. The molecule has 4 aromatic rings. The summed E-state index contributed by atoms with van der Waals surface area (Å²) in [6, 6.07) is 16.0. The van der Waals surface area contributed by atoms with Crippen LogP contribution in [-0.2, 0) is 23.5 Å². The number of nitrogens with zero attached hydrogens (tertiary/aromatic N) is 1. The van der Waals surface area contributed by atoms with Crippen LogP contribution in [0.5, 0.6) is 0 Å². The third-order valence-corrected chi connectivity index (χ3v) is 6.79. The van der Waals surface area contributed by atoms with Gasteiger partial charge in [0.1, 0.15) is 0 Å². The number of aryl methyl sites for hydroxylation is 1. The first kappa shape index (κ1) is 19.8. The van der Waals surface area contributed by atoms with E-state index in [9.17, 15) is 8.42 Å². The molecule has 0 radical (unpaired) electrons. The number of sulfonamides is 1. The Labute approximate surface area is 175 Å². The lowest BCUT2D eigenvalue weighted by atomic mass is 10.1. The van der Waals surface area contributed by atoms with Crippen LogP contribution in [0, 0.1) is 0 Å². The van der Waals surface area contributed by atoms with Crippen molar-refractivity contribution in [1.29, 1.82) is 0 Å². The molecule has 2 N–H and O–H groups in total. The predicted molar refractivity (Wildman–Crippen MR) is 120 cm³/mol. The predicted octanol–water partition coefficient (Wildman–Crippen LogP) is 4.55. The lowest BCUT2D eigenvalue weighted by molar-refractivity contribution is 0.601. The molecule has 29 heavy (non-hydrogen) atoms. The Kier molecular flexibility index (Phi) is 5.25. The second-order valence-electron chi connectivity index (χ2n) is 7.08. The number of anilines is 1. The van der Waals surface area contributed by atoms with Gasteiger partial charge in [-0.15, -0.1) is 0 Å². The summed E-state index contributed by atoms with van der Waals surface area (Å²) in [5, 5.41) is 6.41. The van der Waals surface area contributed by atoms with Gasteiger partial charge in [-0.05, 0) is 67.4 Å². The van der Waals surface area contributed by atoms with Crippen LogP contribution < -0.4 is 10.0 Å². The van der Waals surface area contributed by atoms with Gasteiger partial charge < -0.3 is 9.88 Å². The minimum atomic E-state index is -3.72. The van der Waals surface area contributed by atoms with Gasteiger partial charge in [-0.25, -0.2) is 8.42 Å². The van der Waals surface area contributed by atoms with E-state index in [1.165, 1.54) is 5.56 Å². The van der Waals surface area contributed by atoms with Crippen LogP contribution in [0.2, 0.25) is 5.02 Å². The van der Waals surface area contributed by atoms with Crippen molar-refractivity contribution >= 4 is 49.0 Å². The highest BCUT2D eigenvalue weighted by Gasteiger charge is 2.16. The van der Waals surface area contributed by atoms with E-state index in [1.54, 1.807) is 30.3 Å². The van der Waals surface area contributed by atoms with Gasteiger partial charge in [0, 0.05) is 40.2 Å². The first-order valence-corrected chi connectivity index (χ1v) is 11.2. The highest BCUT2D eigenvalue weighted by molar-refractivity contribution is 7.92. The van der Waals surface area contributed by atoms with Crippen molar-refractivity contribution < 1.29 is 8.42 Å². The quantitative estimate of drug-likeness (QED) is 0.474. The van der Waals surface area contributed by atoms with E-state index in [0.29, 0.717) is 10.7 Å². The standard InChI is InChI=1S/C22H22ClN3O2S/c1-24-11-10-16-14-26(2)22-9-6-17(13-20(16)22)25-29(27,28)18-7-8-19-15(12-18)4-3-5-21(19)23/h3-9,12-14,24-25H,10-11H2,1-2H3. The lowest BCUT2D eigenvalue weighted by Gasteiger charge is -2.10. The Morgan fingerprint density at radius 1 is 1.03 bits per heavy atom. The molecule has 0 bridgehead atoms. The van der Waals surface area contributed by atoms with Gasteiger partial charge in [0.05, 0.1) is 4.90 Å². The third-order valence-electron chi connectivity index (χ3n) is 5.08. The first-order valence-electron chi connectivity index (χ1n) is 9.33. The molecule has 0 saturated carbocycles. The molecule has 0 spiro atoms. The van der Waals surface area contributed by atoms with Crippen molar-refractivity contribution in [3.05, 3.63) is 71.4 Å². The monoisotopic (exact) mass is 427 g/mol. The van der Waals surface area contributed by atoms with Gasteiger partial charge in [-0.3, -0.25) is 4.72 Å². The Bertz CT molecular complexity index is 1310. The van der Waals surface area contributed by atoms with Crippen LogP contribution >= 0.6 is 11.6 Å². The Morgan fingerprint density at radius 2 is 1.86 bits per heavy atom. The summed E-state index contributed by atoms with van der Waals surface area (Å²) in [6.45, 7) is 0.856. The Hall–Kier alpha value is -2.54. The minimum Gasteiger partial charge on any atom is -0.350 e. The molecule has 0 unspecified atom stereocenters. The fourth-order valence-corrected chi connectivity index (χ4v) is 4.93. The summed E-state index contributed by atoms with van der Waals surface area (Å²) < 4.78 is 30.7. The molecular weight excluding hydrogens is 406 g/mol. The maximum absolute atomic E-state index is 13.0. The van der Waals surface area contributed by atoms with Crippen LogP contribution in [0.15, 0.2) is 65.7 Å². The van der Waals surface area contributed by atoms with Gasteiger partial charge in [0.15, 0.2) is 0 Å². The average molecular weight is 428 g/mol. The number of hydrogen-bond donors (Lipinski definition) is 2. The molecule has 0 amide bonds. The molecule has 1 aromatic heterocycles. The molecule has 0 saturated heterocycles. The average Bonchev–Trinajstić information content (AvgIpc) is 3.01. The van der Waals surface area contributed by atoms with Crippen LogP contribution in [0.4, 0.5) is 5.69 Å². The zero-order chi connectivity index (χ0) is 20.6. The molecule has 5 nitrogen and oxygen atoms in total. The summed E-state index contributed by atoms with van der Waals surface area (Å²) >= 11 is 6.19. The van der Waals surface area contributed by atoms with E-state index in [0.717, 1.165) is 34.6 Å². The third kappa shape index (κ3) is 3.83. The zero-order valence-corrected chi connectivity index (χ0v) is 17.8. The fraction of sp³-hybridized carbons (Fsp3) is 0.182. The number of aromatic nitrogens is 1. The first-order chi connectivity index (χ1) is 13.9. The second kappa shape index (κ2) is 7.71. The van der Waals surface area contributed by atoms with Crippen LogP contribution in [0.3, 0.4) is 0 Å². The molecule has 1 heterocycles. The summed E-state index contributed by atoms with van der Waals surface area (Å²) in [5.74, 6) is 0. The number of hydrogen-bond acceptors (Lipinski definition) is 3. The molecule has 0 fully saturated rings. The number of nitrogens with one attached hydrogen (secondary N) is 2. The molecule has 0 aliphatic rings. The summed E-state index contributed by atoms with van der Waals surface area (Å²) in [5.41, 5.74) is 2.79. The summed E-state index contributed by atoms with van der Waals surface area (Å²) in [6.07, 6.45) is 2.96. The molecule has 4 rings (SSSR count). The van der Waals surface area contributed by atoms with E-state index in [-0.39, 0.29) is 4.90 Å². The highest BCUT2D eigenvalue weighted by atomic mass is 35.5. The van der Waals surface area contributed by atoms with Crippen LogP contribution in [-0.4, -0.2) is 26.6 Å². The van der Waals surface area contributed by atoms with Gasteiger partial charge in [0.2, 0.25) is 0 Å². The molecule has 0 atom stereocenters. The van der Waals surface area contributed by atoms with E-state index in [4.69, 9.17) is 11.6 Å². The number of rotatable bonds is 6. The second-order valence-corrected chi connectivity index (χ2v) is 9.17. The van der Waals surface area contributed by atoms with Crippen molar-refractivity contribution in [2.45, 2.75) is 11.3 Å². The van der Waals surface area contributed by atoms with E-state index in [2.05, 4.69) is 20.8 Å². The van der Waals surface area contributed by atoms with Gasteiger partial charge in [-0.2, -0.15) is 0 Å². The maximum Gasteiger partial charge on any atom is 0.261 e. The molecule has 0 aliphatic carbocycles. The number of likely N-dealkylation sites (N-methyl/N-ethyl adjacent to an activating group) is 1. The molecule has 3 aromatic carbocycles. The number of benzene rings is 3. The molecule has 0 aliphatic heterocycles. The Morgan fingerprint density at radius 3 is 2.66 bits per heavy atom. The minimum absolute atomic E-state index is 0.204. The smallest absolute Gasteiger partial charge is 0.261 e. The van der Waals surface area contributed by atoms with Crippen LogP contribution in [0.25, 0.3) is 21.7 Å². The van der Waals surface area contributed by atoms with Crippen LogP contribution in [0.1, 0.15) is 5.56 Å². The van der Waals surface area contributed by atoms with E-state index < -0.39 is 10.0 Å². The van der Waals surface area contributed by atoms with E-state index >= 15 is 0 Å². The van der Waals surface area contributed by atoms with Crippen molar-refractivity contribution in [3.63, 3.8) is 0 Å². The normalized spacial score (nSPS) is 12.0. The maximum atomic E-state index is 13.0. The highest BCUT2D eigenvalue weighted by Crippen LogP contribution is 2.28. The molecular formula is C22H22ClN3O2S. The summed E-state index contributed by atoms with van der Waals surface area (Å²) in [4.78, 5) is 0.204. The fourth-order valence-electron chi connectivity index (χ4n) is 3.60. The van der Waals surface area contributed by atoms with Gasteiger partial charge >= 0.3 is 0 Å². The molecule has 7 heteroatoms. The number of halogens is 1. The SMILES string of the molecule is CNCCc1cn(C)c2ccc(NS(=O)(=O)c3ccc4c(Cl)cccc4c3)cc12. The van der Waals surface area contributed by atoms with Gasteiger partial charge in [0.25, 0.3) is 10.0 Å². The largest absolute Gasteiger partial charge is 0.350 e. The van der Waals surface area contributed by atoms with Crippen molar-refractivity contribution in [1.82, 2.24) is 9.88 Å².